The molecule has 2 amide bonds. The fraction of sp³-hybridized carbons (Fsp3) is 0.429. The zero-order chi connectivity index (χ0) is 16.5. The van der Waals surface area contributed by atoms with Crippen molar-refractivity contribution in [3.63, 3.8) is 0 Å². The number of carbonyl (C=O) groups is 2. The summed E-state index contributed by atoms with van der Waals surface area (Å²) in [5, 5.41) is 1.92. The van der Waals surface area contributed by atoms with Crippen molar-refractivity contribution in [3.05, 3.63) is 29.3 Å². The van der Waals surface area contributed by atoms with Crippen molar-refractivity contribution < 1.29 is 18.0 Å². The van der Waals surface area contributed by atoms with Gasteiger partial charge in [0.1, 0.15) is 5.25 Å². The quantitative estimate of drug-likeness (QED) is 0.883. The Labute approximate surface area is 134 Å². The molecular formula is C14H17ClN2O4S. The Morgan fingerprint density at radius 2 is 2.05 bits per heavy atom. The summed E-state index contributed by atoms with van der Waals surface area (Å²) in [6, 6.07) is 6.51. The molecule has 0 aromatic heterocycles. The van der Waals surface area contributed by atoms with Crippen LogP contribution in [0.5, 0.6) is 0 Å². The van der Waals surface area contributed by atoms with Gasteiger partial charge in [-0.2, -0.15) is 0 Å². The Kier molecular flexibility index (Phi) is 4.77. The molecule has 0 radical (unpaired) electrons. The zero-order valence-electron chi connectivity index (χ0n) is 12.2. The average molecular weight is 345 g/mol. The molecule has 0 bridgehead atoms. The van der Waals surface area contributed by atoms with Crippen molar-refractivity contribution in [1.29, 1.82) is 0 Å². The fourth-order valence-electron chi connectivity index (χ4n) is 2.22. The number of hydrogen-bond donors (Lipinski definition) is 1. The summed E-state index contributed by atoms with van der Waals surface area (Å²) in [5.74, 6) is -0.758. The van der Waals surface area contributed by atoms with Gasteiger partial charge in [-0.1, -0.05) is 23.7 Å². The molecule has 0 spiro atoms. The molecule has 1 aromatic rings. The zero-order valence-corrected chi connectivity index (χ0v) is 13.8. The van der Waals surface area contributed by atoms with E-state index in [9.17, 15) is 18.0 Å². The van der Waals surface area contributed by atoms with Crippen molar-refractivity contribution in [2.24, 2.45) is 0 Å². The summed E-state index contributed by atoms with van der Waals surface area (Å²) >= 11 is 6.07. The Balaban J connectivity index is 2.07. The van der Waals surface area contributed by atoms with Gasteiger partial charge in [-0.25, -0.2) is 8.42 Å². The lowest BCUT2D eigenvalue weighted by molar-refractivity contribution is -0.121. The van der Waals surface area contributed by atoms with Crippen LogP contribution in [0.15, 0.2) is 24.3 Å². The van der Waals surface area contributed by atoms with Crippen molar-refractivity contribution in [2.45, 2.75) is 24.6 Å². The fourth-order valence-corrected chi connectivity index (χ4v) is 2.92. The van der Waals surface area contributed by atoms with Crippen LogP contribution >= 0.6 is 11.6 Å². The first-order valence-electron chi connectivity index (χ1n) is 6.74. The monoisotopic (exact) mass is 344 g/mol. The summed E-state index contributed by atoms with van der Waals surface area (Å²) in [4.78, 5) is 25.5. The lowest BCUT2D eigenvalue weighted by atomic mass is 10.2. The lowest BCUT2D eigenvalue weighted by Crippen LogP contribution is -2.44. The molecule has 1 N–H and O–H groups in total. The van der Waals surface area contributed by atoms with Crippen LogP contribution in [0, 0.1) is 0 Å². The highest BCUT2D eigenvalue weighted by molar-refractivity contribution is 7.92. The number of benzene rings is 1. The number of anilines is 1. The maximum absolute atomic E-state index is 12.1. The Morgan fingerprint density at radius 3 is 2.64 bits per heavy atom. The molecule has 1 heterocycles. The van der Waals surface area contributed by atoms with E-state index in [0.717, 1.165) is 6.26 Å². The number of halogens is 1. The van der Waals surface area contributed by atoms with Crippen LogP contribution in [0.4, 0.5) is 5.69 Å². The minimum Gasteiger partial charge on any atom is -0.350 e. The van der Waals surface area contributed by atoms with Gasteiger partial charge in [-0.3, -0.25) is 9.59 Å². The molecule has 2 rings (SSSR count). The van der Waals surface area contributed by atoms with Crippen LogP contribution in [0.2, 0.25) is 5.02 Å². The topological polar surface area (TPSA) is 83.6 Å². The van der Waals surface area contributed by atoms with Gasteiger partial charge in [0, 0.05) is 19.2 Å². The standard InChI is InChI=1S/C14H17ClN2O4S/c1-9(22(2,20)21)14(19)16-10-7-13(18)17(8-10)12-6-4-3-5-11(12)15/h3-6,9-10H,7-8H2,1-2H3,(H,16,19)/t9-,10-/m1/s1. The summed E-state index contributed by atoms with van der Waals surface area (Å²) in [6.07, 6.45) is 1.13. The maximum Gasteiger partial charge on any atom is 0.238 e. The number of sulfone groups is 1. The molecule has 120 valence electrons. The highest BCUT2D eigenvalue weighted by atomic mass is 35.5. The number of hydrogen-bond acceptors (Lipinski definition) is 4. The number of carbonyl (C=O) groups excluding carboxylic acids is 2. The molecule has 6 nitrogen and oxygen atoms in total. The summed E-state index contributed by atoms with van der Waals surface area (Å²) in [6.45, 7) is 1.60. The number of nitrogens with one attached hydrogen (secondary N) is 1. The van der Waals surface area contributed by atoms with Crippen LogP contribution < -0.4 is 10.2 Å². The Morgan fingerprint density at radius 1 is 1.41 bits per heavy atom. The van der Waals surface area contributed by atoms with Gasteiger partial charge in [0.25, 0.3) is 0 Å². The first-order chi connectivity index (χ1) is 10.2. The van der Waals surface area contributed by atoms with E-state index in [1.54, 1.807) is 24.3 Å². The molecule has 0 unspecified atom stereocenters. The first-order valence-corrected chi connectivity index (χ1v) is 9.07. The third-order valence-corrected chi connectivity index (χ3v) is 5.44. The van der Waals surface area contributed by atoms with Gasteiger partial charge in [-0.05, 0) is 19.1 Å². The van der Waals surface area contributed by atoms with Crippen LogP contribution in [0.1, 0.15) is 13.3 Å². The Hall–Kier alpha value is -1.60. The first kappa shape index (κ1) is 16.8. The molecule has 0 saturated carbocycles. The second-order valence-corrected chi connectivity index (χ2v) is 8.11. The maximum atomic E-state index is 12.1. The minimum absolute atomic E-state index is 0.118. The smallest absolute Gasteiger partial charge is 0.238 e. The van der Waals surface area contributed by atoms with Gasteiger partial charge in [0.2, 0.25) is 11.8 Å². The van der Waals surface area contributed by atoms with Crippen LogP contribution in [-0.2, 0) is 19.4 Å². The van der Waals surface area contributed by atoms with E-state index in [4.69, 9.17) is 11.6 Å². The lowest BCUT2D eigenvalue weighted by Gasteiger charge is -2.19. The molecule has 8 heteroatoms. The van der Waals surface area contributed by atoms with Crippen molar-refractivity contribution in [3.8, 4) is 0 Å². The van der Waals surface area contributed by atoms with E-state index in [-0.39, 0.29) is 18.9 Å². The van der Waals surface area contributed by atoms with Crippen LogP contribution in [0.3, 0.4) is 0 Å². The van der Waals surface area contributed by atoms with Crippen LogP contribution in [0.25, 0.3) is 0 Å². The number of nitrogens with zero attached hydrogens (tertiary/aromatic N) is 1. The van der Waals surface area contributed by atoms with Crippen molar-refractivity contribution >= 4 is 38.9 Å². The van der Waals surface area contributed by atoms with Gasteiger partial charge < -0.3 is 10.2 Å². The molecule has 1 saturated heterocycles. The summed E-state index contributed by atoms with van der Waals surface area (Å²) in [7, 11) is -3.46. The minimum atomic E-state index is -3.46. The number of para-hydroxylation sites is 1. The number of rotatable bonds is 4. The molecule has 1 aromatic carbocycles. The molecule has 1 fully saturated rings. The summed E-state index contributed by atoms with van der Waals surface area (Å²) in [5.41, 5.74) is 0.585. The van der Waals surface area contributed by atoms with E-state index < -0.39 is 27.0 Å². The third-order valence-electron chi connectivity index (χ3n) is 3.63. The molecule has 22 heavy (non-hydrogen) atoms. The van der Waals surface area contributed by atoms with E-state index in [2.05, 4.69) is 5.32 Å². The second-order valence-electron chi connectivity index (χ2n) is 5.34. The highest BCUT2D eigenvalue weighted by Crippen LogP contribution is 2.29. The van der Waals surface area contributed by atoms with Gasteiger partial charge in [0.05, 0.1) is 16.8 Å². The highest BCUT2D eigenvalue weighted by Gasteiger charge is 2.34. The molecule has 1 aliphatic rings. The normalized spacial score (nSPS) is 20.0. The molecule has 1 aliphatic heterocycles. The van der Waals surface area contributed by atoms with E-state index in [0.29, 0.717) is 10.7 Å². The van der Waals surface area contributed by atoms with Gasteiger partial charge in [-0.15, -0.1) is 0 Å². The third kappa shape index (κ3) is 3.59. The van der Waals surface area contributed by atoms with Crippen LogP contribution in [-0.4, -0.2) is 44.3 Å². The molecule has 0 aliphatic carbocycles. The second kappa shape index (κ2) is 6.26. The predicted molar refractivity (Wildman–Crippen MR) is 84.7 cm³/mol. The molecular weight excluding hydrogens is 328 g/mol. The van der Waals surface area contributed by atoms with Gasteiger partial charge in [0.15, 0.2) is 9.84 Å². The Bertz CT molecular complexity index is 705. The van der Waals surface area contributed by atoms with E-state index >= 15 is 0 Å². The van der Waals surface area contributed by atoms with Gasteiger partial charge >= 0.3 is 0 Å². The SMILES string of the molecule is C[C@H](C(=O)N[C@@H]1CC(=O)N(c2ccccc2Cl)C1)S(C)(=O)=O. The van der Waals surface area contributed by atoms with E-state index in [1.807, 2.05) is 0 Å². The number of amides is 2. The van der Waals surface area contributed by atoms with Crippen molar-refractivity contribution in [2.75, 3.05) is 17.7 Å². The van der Waals surface area contributed by atoms with E-state index in [1.165, 1.54) is 11.8 Å². The van der Waals surface area contributed by atoms with Crippen molar-refractivity contribution in [1.82, 2.24) is 5.32 Å². The largest absolute Gasteiger partial charge is 0.350 e. The predicted octanol–water partition coefficient (Wildman–Crippen LogP) is 0.995. The summed E-state index contributed by atoms with van der Waals surface area (Å²) < 4.78 is 22.8. The molecule has 2 atom stereocenters. The average Bonchev–Trinajstić information content (AvgIpc) is 2.78.